The van der Waals surface area contributed by atoms with Gasteiger partial charge in [0.05, 0.1) is 13.7 Å². The monoisotopic (exact) mass is 195 g/mol. The zero-order valence-corrected chi connectivity index (χ0v) is 7.99. The number of fused-ring (bicyclic) bond motifs is 1. The van der Waals surface area contributed by atoms with E-state index in [1.165, 1.54) is 6.07 Å². The van der Waals surface area contributed by atoms with Crippen LogP contribution in [0, 0.1) is 0 Å². The molecule has 4 nitrogen and oxygen atoms in total. The largest absolute Gasteiger partial charge is 0.504 e. The predicted molar refractivity (Wildman–Crippen MR) is 51.7 cm³/mol. The van der Waals surface area contributed by atoms with Crippen molar-refractivity contribution >= 4 is 0 Å². The van der Waals surface area contributed by atoms with Gasteiger partial charge in [-0.25, -0.2) is 0 Å². The Morgan fingerprint density at radius 3 is 3.07 bits per heavy atom. The highest BCUT2D eigenvalue weighted by atomic mass is 16.5. The van der Waals surface area contributed by atoms with Gasteiger partial charge in [-0.3, -0.25) is 0 Å². The molecule has 1 aliphatic rings. The lowest BCUT2D eigenvalue weighted by Crippen LogP contribution is -2.20. The standard InChI is InChI=1S/C10H13NO3/c1-13-6-4-7-8(11)2-3-14-10(7)9(12)5-6/h4-5,8,12H,2-3,11H2,1H3. The van der Waals surface area contributed by atoms with E-state index in [0.717, 1.165) is 12.0 Å². The molecule has 14 heavy (non-hydrogen) atoms. The first kappa shape index (κ1) is 9.15. The number of nitrogens with two attached hydrogens (primary N) is 1. The molecule has 1 heterocycles. The lowest BCUT2D eigenvalue weighted by Gasteiger charge is -2.24. The topological polar surface area (TPSA) is 64.7 Å². The van der Waals surface area contributed by atoms with E-state index in [1.807, 2.05) is 0 Å². The number of hydrogen-bond donors (Lipinski definition) is 2. The summed E-state index contributed by atoms with van der Waals surface area (Å²) in [5.74, 6) is 1.18. The van der Waals surface area contributed by atoms with Crippen LogP contribution in [0.4, 0.5) is 0 Å². The normalized spacial score (nSPS) is 19.7. The van der Waals surface area contributed by atoms with Crippen molar-refractivity contribution in [2.45, 2.75) is 12.5 Å². The Morgan fingerprint density at radius 2 is 2.36 bits per heavy atom. The Hall–Kier alpha value is -1.42. The molecule has 2 rings (SSSR count). The van der Waals surface area contributed by atoms with Gasteiger partial charge in [0.1, 0.15) is 5.75 Å². The van der Waals surface area contributed by atoms with Crippen molar-refractivity contribution in [2.24, 2.45) is 5.73 Å². The Labute approximate surface area is 82.2 Å². The highest BCUT2D eigenvalue weighted by Crippen LogP contribution is 2.40. The summed E-state index contributed by atoms with van der Waals surface area (Å²) >= 11 is 0. The van der Waals surface area contributed by atoms with Crippen LogP contribution in [-0.2, 0) is 0 Å². The van der Waals surface area contributed by atoms with E-state index in [4.69, 9.17) is 15.2 Å². The molecular weight excluding hydrogens is 182 g/mol. The molecule has 1 aromatic carbocycles. The van der Waals surface area contributed by atoms with Crippen LogP contribution < -0.4 is 15.2 Å². The minimum Gasteiger partial charge on any atom is -0.504 e. The predicted octanol–water partition coefficient (Wildman–Crippen LogP) is 1.18. The second-order valence-electron chi connectivity index (χ2n) is 3.31. The first-order chi connectivity index (χ1) is 6.72. The third kappa shape index (κ3) is 1.37. The third-order valence-electron chi connectivity index (χ3n) is 2.38. The van der Waals surface area contributed by atoms with E-state index in [1.54, 1.807) is 13.2 Å². The maximum absolute atomic E-state index is 9.63. The molecule has 76 valence electrons. The van der Waals surface area contributed by atoms with Gasteiger partial charge in [-0.2, -0.15) is 0 Å². The van der Waals surface area contributed by atoms with Crippen LogP contribution >= 0.6 is 0 Å². The number of methoxy groups -OCH3 is 1. The first-order valence-corrected chi connectivity index (χ1v) is 4.51. The van der Waals surface area contributed by atoms with Crippen LogP contribution in [0.5, 0.6) is 17.2 Å². The van der Waals surface area contributed by atoms with Gasteiger partial charge in [0, 0.05) is 24.1 Å². The maximum atomic E-state index is 9.63. The summed E-state index contributed by atoms with van der Waals surface area (Å²) in [7, 11) is 1.55. The van der Waals surface area contributed by atoms with Crippen molar-refractivity contribution in [3.8, 4) is 17.2 Å². The zero-order chi connectivity index (χ0) is 10.1. The Bertz CT molecular complexity index is 351. The van der Waals surface area contributed by atoms with Crippen molar-refractivity contribution in [3.05, 3.63) is 17.7 Å². The second kappa shape index (κ2) is 3.38. The van der Waals surface area contributed by atoms with Gasteiger partial charge in [0.25, 0.3) is 0 Å². The molecule has 1 unspecified atom stereocenters. The molecule has 0 amide bonds. The Kier molecular flexibility index (Phi) is 2.21. The maximum Gasteiger partial charge on any atom is 0.165 e. The average Bonchev–Trinajstić information content (AvgIpc) is 2.19. The van der Waals surface area contributed by atoms with Gasteiger partial charge in [0.15, 0.2) is 11.5 Å². The van der Waals surface area contributed by atoms with E-state index < -0.39 is 0 Å². The van der Waals surface area contributed by atoms with Gasteiger partial charge in [-0.05, 0) is 6.07 Å². The van der Waals surface area contributed by atoms with Crippen molar-refractivity contribution in [2.75, 3.05) is 13.7 Å². The average molecular weight is 195 g/mol. The molecule has 1 atom stereocenters. The first-order valence-electron chi connectivity index (χ1n) is 4.51. The minimum atomic E-state index is -0.0836. The fourth-order valence-corrected chi connectivity index (χ4v) is 1.60. The highest BCUT2D eigenvalue weighted by Gasteiger charge is 2.22. The summed E-state index contributed by atoms with van der Waals surface area (Å²) in [6.07, 6.45) is 0.763. The Balaban J connectivity index is 2.51. The summed E-state index contributed by atoms with van der Waals surface area (Å²) in [6.45, 7) is 0.550. The number of rotatable bonds is 1. The molecule has 1 aromatic rings. The number of benzene rings is 1. The molecule has 0 saturated heterocycles. The van der Waals surface area contributed by atoms with Gasteiger partial charge < -0.3 is 20.3 Å². The number of phenolic OH excluding ortho intramolecular Hbond substituents is 1. The summed E-state index contributed by atoms with van der Waals surface area (Å²) in [5.41, 5.74) is 6.71. The van der Waals surface area contributed by atoms with Crippen LogP contribution in [0.2, 0.25) is 0 Å². The lowest BCUT2D eigenvalue weighted by atomic mass is 10.0. The quantitative estimate of drug-likeness (QED) is 0.706. The second-order valence-corrected chi connectivity index (χ2v) is 3.31. The van der Waals surface area contributed by atoms with Gasteiger partial charge >= 0.3 is 0 Å². The molecule has 0 fully saturated rings. The molecule has 3 N–H and O–H groups in total. The molecule has 0 saturated carbocycles. The molecular formula is C10H13NO3. The molecule has 4 heteroatoms. The van der Waals surface area contributed by atoms with E-state index >= 15 is 0 Å². The lowest BCUT2D eigenvalue weighted by molar-refractivity contribution is 0.254. The number of aromatic hydroxyl groups is 1. The summed E-state index contributed by atoms with van der Waals surface area (Å²) in [6, 6.07) is 3.25. The molecule has 0 spiro atoms. The van der Waals surface area contributed by atoms with E-state index in [9.17, 15) is 5.11 Å². The van der Waals surface area contributed by atoms with E-state index in [2.05, 4.69) is 0 Å². The molecule has 0 bridgehead atoms. The van der Waals surface area contributed by atoms with Crippen molar-refractivity contribution in [3.63, 3.8) is 0 Å². The van der Waals surface area contributed by atoms with Gasteiger partial charge in [0.2, 0.25) is 0 Å². The Morgan fingerprint density at radius 1 is 1.57 bits per heavy atom. The van der Waals surface area contributed by atoms with Crippen LogP contribution in [0.15, 0.2) is 12.1 Å². The summed E-state index contributed by atoms with van der Waals surface area (Å²) in [4.78, 5) is 0. The van der Waals surface area contributed by atoms with Crippen molar-refractivity contribution in [1.82, 2.24) is 0 Å². The van der Waals surface area contributed by atoms with E-state index in [-0.39, 0.29) is 11.8 Å². The summed E-state index contributed by atoms with van der Waals surface area (Å²) < 4.78 is 10.4. The SMILES string of the molecule is COc1cc(O)c2c(c1)C(N)CCO2. The van der Waals surface area contributed by atoms with Crippen LogP contribution in [-0.4, -0.2) is 18.8 Å². The zero-order valence-electron chi connectivity index (χ0n) is 7.99. The molecule has 0 aromatic heterocycles. The van der Waals surface area contributed by atoms with Crippen LogP contribution in [0.3, 0.4) is 0 Å². The number of ether oxygens (including phenoxy) is 2. The summed E-state index contributed by atoms with van der Waals surface area (Å²) in [5, 5.41) is 9.63. The van der Waals surface area contributed by atoms with Crippen LogP contribution in [0.25, 0.3) is 0 Å². The molecule has 0 radical (unpaired) electrons. The number of hydrogen-bond acceptors (Lipinski definition) is 4. The van der Waals surface area contributed by atoms with E-state index in [0.29, 0.717) is 18.1 Å². The van der Waals surface area contributed by atoms with Crippen LogP contribution in [0.1, 0.15) is 18.0 Å². The van der Waals surface area contributed by atoms with Crippen molar-refractivity contribution in [1.29, 1.82) is 0 Å². The number of phenols is 1. The molecule has 1 aliphatic heterocycles. The van der Waals surface area contributed by atoms with Gasteiger partial charge in [-0.1, -0.05) is 0 Å². The molecule has 0 aliphatic carbocycles. The highest BCUT2D eigenvalue weighted by molar-refractivity contribution is 5.52. The van der Waals surface area contributed by atoms with Crippen molar-refractivity contribution < 1.29 is 14.6 Å². The van der Waals surface area contributed by atoms with Gasteiger partial charge in [-0.15, -0.1) is 0 Å². The third-order valence-corrected chi connectivity index (χ3v) is 2.38. The minimum absolute atomic E-state index is 0.0836. The fourth-order valence-electron chi connectivity index (χ4n) is 1.60. The fraction of sp³-hybridized carbons (Fsp3) is 0.400. The smallest absolute Gasteiger partial charge is 0.165 e.